The zero-order chi connectivity index (χ0) is 16.4. The van der Waals surface area contributed by atoms with Gasteiger partial charge in [-0.15, -0.1) is 0 Å². The minimum Gasteiger partial charge on any atom is -0.368 e. The SMILES string of the molecule is COC1(C(=O)N2CCN(C(=O)C(C)(C)C)CC2)CCNCC1. The molecule has 2 fully saturated rings. The van der Waals surface area contributed by atoms with Gasteiger partial charge in [0.2, 0.25) is 5.91 Å². The lowest BCUT2D eigenvalue weighted by molar-refractivity contribution is -0.162. The van der Waals surface area contributed by atoms with Gasteiger partial charge in [0.15, 0.2) is 0 Å². The Morgan fingerprint density at radius 3 is 1.95 bits per heavy atom. The summed E-state index contributed by atoms with van der Waals surface area (Å²) in [6.07, 6.45) is 1.42. The highest BCUT2D eigenvalue weighted by Gasteiger charge is 2.43. The van der Waals surface area contributed by atoms with E-state index in [0.717, 1.165) is 13.1 Å². The predicted octanol–water partition coefficient (Wildman–Crippen LogP) is 0.472. The summed E-state index contributed by atoms with van der Waals surface area (Å²) in [5.41, 5.74) is -1.05. The van der Waals surface area contributed by atoms with Gasteiger partial charge >= 0.3 is 0 Å². The Kier molecular flexibility index (Phi) is 5.12. The standard InChI is InChI=1S/C16H29N3O3/c1-15(2,3)13(20)18-9-11-19(12-10-18)14(21)16(22-4)5-7-17-8-6-16/h17H,5-12H2,1-4H3. The molecule has 0 bridgehead atoms. The van der Waals surface area contributed by atoms with Crippen LogP contribution < -0.4 is 5.32 Å². The summed E-state index contributed by atoms with van der Waals surface area (Å²) in [7, 11) is 1.63. The smallest absolute Gasteiger partial charge is 0.255 e. The topological polar surface area (TPSA) is 61.9 Å². The molecule has 0 saturated carbocycles. The summed E-state index contributed by atoms with van der Waals surface area (Å²) < 4.78 is 5.61. The molecule has 6 heteroatoms. The first kappa shape index (κ1) is 17.2. The Hall–Kier alpha value is -1.14. The van der Waals surface area contributed by atoms with Crippen LogP contribution in [-0.2, 0) is 14.3 Å². The van der Waals surface area contributed by atoms with Crippen LogP contribution in [0.5, 0.6) is 0 Å². The van der Waals surface area contributed by atoms with Crippen LogP contribution in [-0.4, -0.2) is 73.6 Å². The van der Waals surface area contributed by atoms with E-state index in [1.54, 1.807) is 7.11 Å². The summed E-state index contributed by atoms with van der Waals surface area (Å²) in [5, 5.41) is 3.27. The van der Waals surface area contributed by atoms with Crippen LogP contribution in [0.15, 0.2) is 0 Å². The first-order valence-corrected chi connectivity index (χ1v) is 8.15. The van der Waals surface area contributed by atoms with Gasteiger partial charge in [-0.2, -0.15) is 0 Å². The van der Waals surface area contributed by atoms with Crippen molar-refractivity contribution in [1.82, 2.24) is 15.1 Å². The highest BCUT2D eigenvalue weighted by molar-refractivity contribution is 5.86. The van der Waals surface area contributed by atoms with Gasteiger partial charge in [-0.3, -0.25) is 9.59 Å². The molecule has 6 nitrogen and oxygen atoms in total. The van der Waals surface area contributed by atoms with E-state index in [1.807, 2.05) is 30.6 Å². The molecule has 126 valence electrons. The summed E-state index contributed by atoms with van der Waals surface area (Å²) >= 11 is 0. The molecule has 2 aliphatic heterocycles. The van der Waals surface area contributed by atoms with Crippen LogP contribution in [0.3, 0.4) is 0 Å². The van der Waals surface area contributed by atoms with Crippen molar-refractivity contribution in [3.63, 3.8) is 0 Å². The Balaban J connectivity index is 1.96. The van der Waals surface area contributed by atoms with Crippen LogP contribution in [0.2, 0.25) is 0 Å². The summed E-state index contributed by atoms with van der Waals surface area (Å²) in [4.78, 5) is 28.9. The summed E-state index contributed by atoms with van der Waals surface area (Å²) in [6.45, 7) is 9.83. The molecule has 2 amide bonds. The Morgan fingerprint density at radius 2 is 1.50 bits per heavy atom. The molecule has 0 radical (unpaired) electrons. The van der Waals surface area contributed by atoms with Crippen LogP contribution in [0.1, 0.15) is 33.6 Å². The second-order valence-electron chi connectivity index (χ2n) is 7.28. The van der Waals surface area contributed by atoms with Crippen molar-refractivity contribution in [2.75, 3.05) is 46.4 Å². The van der Waals surface area contributed by atoms with Gasteiger partial charge in [0.05, 0.1) is 0 Å². The van der Waals surface area contributed by atoms with E-state index in [2.05, 4.69) is 5.32 Å². The van der Waals surface area contributed by atoms with Gasteiger partial charge in [-0.05, 0) is 25.9 Å². The average Bonchev–Trinajstić information content (AvgIpc) is 2.53. The molecular weight excluding hydrogens is 282 g/mol. The number of nitrogens with one attached hydrogen (secondary N) is 1. The molecule has 22 heavy (non-hydrogen) atoms. The van der Waals surface area contributed by atoms with Crippen molar-refractivity contribution >= 4 is 11.8 Å². The lowest BCUT2D eigenvalue weighted by Crippen LogP contribution is -2.60. The molecule has 1 N–H and O–H groups in total. The maximum Gasteiger partial charge on any atom is 0.255 e. The number of ether oxygens (including phenoxy) is 1. The third-order valence-corrected chi connectivity index (χ3v) is 4.69. The lowest BCUT2D eigenvalue weighted by atomic mass is 9.90. The number of methoxy groups -OCH3 is 1. The van der Waals surface area contributed by atoms with Gasteiger partial charge in [-0.1, -0.05) is 20.8 Å². The molecule has 0 aromatic carbocycles. The Morgan fingerprint density at radius 1 is 1.00 bits per heavy atom. The molecule has 0 aliphatic carbocycles. The lowest BCUT2D eigenvalue weighted by Gasteiger charge is -2.43. The quantitative estimate of drug-likeness (QED) is 0.805. The highest BCUT2D eigenvalue weighted by atomic mass is 16.5. The highest BCUT2D eigenvalue weighted by Crippen LogP contribution is 2.26. The molecule has 2 rings (SSSR count). The molecular formula is C16H29N3O3. The van der Waals surface area contributed by atoms with Crippen molar-refractivity contribution in [3.8, 4) is 0 Å². The molecule has 0 unspecified atom stereocenters. The first-order chi connectivity index (χ1) is 10.3. The average molecular weight is 311 g/mol. The van der Waals surface area contributed by atoms with E-state index < -0.39 is 5.60 Å². The largest absolute Gasteiger partial charge is 0.368 e. The maximum atomic E-state index is 12.8. The minimum absolute atomic E-state index is 0.0827. The van der Waals surface area contributed by atoms with Crippen molar-refractivity contribution in [2.24, 2.45) is 5.41 Å². The molecule has 2 saturated heterocycles. The van der Waals surface area contributed by atoms with Crippen molar-refractivity contribution in [1.29, 1.82) is 0 Å². The summed E-state index contributed by atoms with van der Waals surface area (Å²) in [6, 6.07) is 0. The van der Waals surface area contributed by atoms with E-state index in [1.165, 1.54) is 0 Å². The first-order valence-electron chi connectivity index (χ1n) is 8.15. The maximum absolute atomic E-state index is 12.8. The number of amides is 2. The van der Waals surface area contributed by atoms with Gasteiger partial charge in [0.25, 0.3) is 5.91 Å². The van der Waals surface area contributed by atoms with Crippen LogP contribution in [0.25, 0.3) is 0 Å². The van der Waals surface area contributed by atoms with E-state index >= 15 is 0 Å². The van der Waals surface area contributed by atoms with Gasteiger partial charge in [-0.25, -0.2) is 0 Å². The number of hydrogen-bond acceptors (Lipinski definition) is 4. The molecule has 0 aromatic rings. The Labute approximate surface area is 133 Å². The van der Waals surface area contributed by atoms with Crippen molar-refractivity contribution < 1.29 is 14.3 Å². The third kappa shape index (κ3) is 3.43. The third-order valence-electron chi connectivity index (χ3n) is 4.69. The van der Waals surface area contributed by atoms with E-state index in [9.17, 15) is 9.59 Å². The summed E-state index contributed by atoms with van der Waals surface area (Å²) in [5.74, 6) is 0.238. The fourth-order valence-corrected chi connectivity index (χ4v) is 3.21. The molecule has 2 aliphatic rings. The normalized spacial score (nSPS) is 22.5. The zero-order valence-corrected chi connectivity index (χ0v) is 14.3. The van der Waals surface area contributed by atoms with E-state index in [0.29, 0.717) is 39.0 Å². The van der Waals surface area contributed by atoms with Crippen LogP contribution >= 0.6 is 0 Å². The molecule has 0 atom stereocenters. The fraction of sp³-hybridized carbons (Fsp3) is 0.875. The molecule has 0 aromatic heterocycles. The molecule has 2 heterocycles. The Bertz CT molecular complexity index is 417. The van der Waals surface area contributed by atoms with Gasteiger partial charge in [0.1, 0.15) is 5.60 Å². The number of carbonyl (C=O) groups is 2. The number of carbonyl (C=O) groups excluding carboxylic acids is 2. The van der Waals surface area contributed by atoms with Gasteiger partial charge < -0.3 is 19.9 Å². The van der Waals surface area contributed by atoms with Gasteiger partial charge in [0, 0.05) is 38.7 Å². The number of hydrogen-bond donors (Lipinski definition) is 1. The number of nitrogens with zero attached hydrogens (tertiary/aromatic N) is 2. The number of piperazine rings is 1. The minimum atomic E-state index is -0.679. The van der Waals surface area contributed by atoms with Crippen LogP contribution in [0.4, 0.5) is 0 Å². The number of piperidine rings is 1. The number of rotatable bonds is 2. The second-order valence-corrected chi connectivity index (χ2v) is 7.28. The second kappa shape index (κ2) is 6.54. The van der Waals surface area contributed by atoms with E-state index in [4.69, 9.17) is 4.74 Å². The van der Waals surface area contributed by atoms with Crippen LogP contribution in [0, 0.1) is 5.41 Å². The fourth-order valence-electron chi connectivity index (χ4n) is 3.21. The van der Waals surface area contributed by atoms with Crippen molar-refractivity contribution in [3.05, 3.63) is 0 Å². The molecule has 0 spiro atoms. The monoisotopic (exact) mass is 311 g/mol. The van der Waals surface area contributed by atoms with Crippen molar-refractivity contribution in [2.45, 2.75) is 39.2 Å². The predicted molar refractivity (Wildman–Crippen MR) is 84.5 cm³/mol. The zero-order valence-electron chi connectivity index (χ0n) is 14.3. The van der Waals surface area contributed by atoms with E-state index in [-0.39, 0.29) is 17.2 Å².